The number of rotatable bonds is 4. The molecule has 1 aromatic carbocycles. The van der Waals surface area contributed by atoms with Gasteiger partial charge in [-0.25, -0.2) is 4.39 Å². The summed E-state index contributed by atoms with van der Waals surface area (Å²) in [6.07, 6.45) is 5.52. The minimum atomic E-state index is -0.425. The molecule has 0 aromatic heterocycles. The van der Waals surface area contributed by atoms with Crippen LogP contribution in [0.3, 0.4) is 0 Å². The van der Waals surface area contributed by atoms with Gasteiger partial charge in [0, 0.05) is 6.04 Å². The van der Waals surface area contributed by atoms with Gasteiger partial charge in [-0.1, -0.05) is 13.3 Å². The summed E-state index contributed by atoms with van der Waals surface area (Å²) < 4.78 is 18.4. The Bertz CT molecular complexity index is 468. The number of nitrogens with one attached hydrogen (secondary N) is 1. The van der Waals surface area contributed by atoms with Gasteiger partial charge in [-0.2, -0.15) is 0 Å². The molecule has 0 radical (unpaired) electrons. The van der Waals surface area contributed by atoms with Crippen LogP contribution in [0.4, 0.5) is 4.39 Å². The fourth-order valence-corrected chi connectivity index (χ4v) is 2.84. The molecule has 0 atom stereocenters. The second-order valence-electron chi connectivity index (χ2n) is 5.44. The summed E-state index contributed by atoms with van der Waals surface area (Å²) in [4.78, 5) is 12.2. The van der Waals surface area contributed by atoms with Crippen molar-refractivity contribution >= 4 is 5.91 Å². The van der Waals surface area contributed by atoms with Gasteiger partial charge in [-0.3, -0.25) is 4.79 Å². The minimum absolute atomic E-state index is 0.193. The highest BCUT2D eigenvalue weighted by Crippen LogP contribution is 2.27. The zero-order valence-electron chi connectivity index (χ0n) is 12.1. The summed E-state index contributed by atoms with van der Waals surface area (Å²) in [5.74, 6) is 0.518. The molecule has 1 aliphatic carbocycles. The van der Waals surface area contributed by atoms with E-state index in [2.05, 4.69) is 12.2 Å². The first-order valence-corrected chi connectivity index (χ1v) is 7.28. The summed E-state index contributed by atoms with van der Waals surface area (Å²) in [5.41, 5.74) is 0.269. The summed E-state index contributed by atoms with van der Waals surface area (Å²) in [6, 6.07) is 4.20. The lowest BCUT2D eigenvalue weighted by Crippen LogP contribution is -2.37. The SMILES string of the molecule is CCC1CCC(NC(=O)c2cc(F)ccc2OC)CC1. The molecule has 0 aliphatic heterocycles. The minimum Gasteiger partial charge on any atom is -0.496 e. The Morgan fingerprint density at radius 2 is 2.05 bits per heavy atom. The molecule has 1 saturated carbocycles. The summed E-state index contributed by atoms with van der Waals surface area (Å²) in [7, 11) is 1.48. The number of ether oxygens (including phenoxy) is 1. The van der Waals surface area contributed by atoms with Gasteiger partial charge in [-0.15, -0.1) is 0 Å². The number of benzene rings is 1. The van der Waals surface area contributed by atoms with E-state index in [9.17, 15) is 9.18 Å². The third kappa shape index (κ3) is 3.50. The van der Waals surface area contributed by atoms with E-state index in [0.29, 0.717) is 5.75 Å². The Hall–Kier alpha value is -1.58. The first kappa shape index (κ1) is 14.8. The van der Waals surface area contributed by atoms with Gasteiger partial charge < -0.3 is 10.1 Å². The van der Waals surface area contributed by atoms with E-state index in [1.165, 1.54) is 31.7 Å². The first-order chi connectivity index (χ1) is 9.63. The number of hydrogen-bond donors (Lipinski definition) is 1. The van der Waals surface area contributed by atoms with Crippen LogP contribution in [0, 0.1) is 11.7 Å². The van der Waals surface area contributed by atoms with Gasteiger partial charge in [0.25, 0.3) is 5.91 Å². The van der Waals surface area contributed by atoms with E-state index in [4.69, 9.17) is 4.74 Å². The highest BCUT2D eigenvalue weighted by Gasteiger charge is 2.23. The van der Waals surface area contributed by atoms with Gasteiger partial charge in [0.15, 0.2) is 0 Å². The molecule has 2 rings (SSSR count). The molecule has 0 bridgehead atoms. The van der Waals surface area contributed by atoms with Crippen LogP contribution in [0.5, 0.6) is 5.75 Å². The number of carbonyl (C=O) groups excluding carboxylic acids is 1. The second kappa shape index (κ2) is 6.73. The van der Waals surface area contributed by atoms with Crippen molar-refractivity contribution in [1.29, 1.82) is 0 Å². The number of methoxy groups -OCH3 is 1. The van der Waals surface area contributed by atoms with Crippen LogP contribution in [-0.2, 0) is 0 Å². The molecule has 0 spiro atoms. The van der Waals surface area contributed by atoms with E-state index in [1.54, 1.807) is 0 Å². The van der Waals surface area contributed by atoms with Gasteiger partial charge in [0.05, 0.1) is 12.7 Å². The molecule has 1 N–H and O–H groups in total. The van der Waals surface area contributed by atoms with Gasteiger partial charge in [0.2, 0.25) is 0 Å². The molecular weight excluding hydrogens is 257 g/mol. The van der Waals surface area contributed by atoms with Crippen LogP contribution >= 0.6 is 0 Å². The van der Waals surface area contributed by atoms with E-state index in [-0.39, 0.29) is 17.5 Å². The van der Waals surface area contributed by atoms with Gasteiger partial charge in [-0.05, 0) is 49.8 Å². The van der Waals surface area contributed by atoms with E-state index >= 15 is 0 Å². The van der Waals surface area contributed by atoms with Crippen molar-refractivity contribution in [3.05, 3.63) is 29.6 Å². The van der Waals surface area contributed by atoms with Crippen LogP contribution in [0.15, 0.2) is 18.2 Å². The average molecular weight is 279 g/mol. The maximum absolute atomic E-state index is 13.3. The number of hydrogen-bond acceptors (Lipinski definition) is 2. The Balaban J connectivity index is 2.00. The number of halogens is 1. The fourth-order valence-electron chi connectivity index (χ4n) is 2.84. The van der Waals surface area contributed by atoms with E-state index in [1.807, 2.05) is 0 Å². The van der Waals surface area contributed by atoms with Crippen molar-refractivity contribution in [3.8, 4) is 5.75 Å². The van der Waals surface area contributed by atoms with Gasteiger partial charge >= 0.3 is 0 Å². The van der Waals surface area contributed by atoms with E-state index < -0.39 is 5.82 Å². The molecule has 0 heterocycles. The molecule has 1 fully saturated rings. The van der Waals surface area contributed by atoms with Crippen molar-refractivity contribution in [1.82, 2.24) is 5.32 Å². The highest BCUT2D eigenvalue weighted by molar-refractivity contribution is 5.97. The molecule has 110 valence electrons. The van der Waals surface area contributed by atoms with Crippen LogP contribution in [0.2, 0.25) is 0 Å². The third-order valence-electron chi connectivity index (χ3n) is 4.17. The summed E-state index contributed by atoms with van der Waals surface area (Å²) in [5, 5.41) is 3.00. The number of carbonyl (C=O) groups is 1. The Morgan fingerprint density at radius 1 is 1.35 bits per heavy atom. The molecule has 3 nitrogen and oxygen atoms in total. The molecule has 0 saturated heterocycles. The van der Waals surface area contributed by atoms with Crippen LogP contribution < -0.4 is 10.1 Å². The molecule has 1 aliphatic rings. The largest absolute Gasteiger partial charge is 0.496 e. The predicted octanol–water partition coefficient (Wildman–Crippen LogP) is 3.53. The van der Waals surface area contributed by atoms with E-state index in [0.717, 1.165) is 31.6 Å². The van der Waals surface area contributed by atoms with Crippen LogP contribution in [0.25, 0.3) is 0 Å². The maximum atomic E-state index is 13.3. The van der Waals surface area contributed by atoms with Crippen molar-refractivity contribution in [2.24, 2.45) is 5.92 Å². The Morgan fingerprint density at radius 3 is 2.65 bits per heavy atom. The lowest BCUT2D eigenvalue weighted by Gasteiger charge is -2.28. The Labute approximate surface area is 119 Å². The lowest BCUT2D eigenvalue weighted by molar-refractivity contribution is 0.0918. The fraction of sp³-hybridized carbons (Fsp3) is 0.562. The zero-order valence-corrected chi connectivity index (χ0v) is 12.1. The third-order valence-corrected chi connectivity index (χ3v) is 4.17. The maximum Gasteiger partial charge on any atom is 0.255 e. The topological polar surface area (TPSA) is 38.3 Å². The Kier molecular flexibility index (Phi) is 4.99. The molecule has 0 unspecified atom stereocenters. The molecule has 20 heavy (non-hydrogen) atoms. The normalized spacial score (nSPS) is 22.4. The van der Waals surface area contributed by atoms with Crippen molar-refractivity contribution < 1.29 is 13.9 Å². The standard InChI is InChI=1S/C16H22FNO2/c1-3-11-4-7-13(8-5-11)18-16(19)14-10-12(17)6-9-15(14)20-2/h6,9-11,13H,3-5,7-8H2,1-2H3,(H,18,19). The summed E-state index contributed by atoms with van der Waals surface area (Å²) in [6.45, 7) is 2.21. The molecule has 1 aromatic rings. The molecule has 4 heteroatoms. The van der Waals surface area contributed by atoms with Gasteiger partial charge in [0.1, 0.15) is 11.6 Å². The summed E-state index contributed by atoms with van der Waals surface area (Å²) >= 11 is 0. The lowest BCUT2D eigenvalue weighted by atomic mass is 9.84. The van der Waals surface area contributed by atoms with Crippen LogP contribution in [-0.4, -0.2) is 19.1 Å². The highest BCUT2D eigenvalue weighted by atomic mass is 19.1. The first-order valence-electron chi connectivity index (χ1n) is 7.28. The van der Waals surface area contributed by atoms with Crippen molar-refractivity contribution in [3.63, 3.8) is 0 Å². The zero-order chi connectivity index (χ0) is 14.5. The molecule has 1 amide bonds. The number of amides is 1. The average Bonchev–Trinajstić information content (AvgIpc) is 2.48. The molecular formula is C16H22FNO2. The quantitative estimate of drug-likeness (QED) is 0.915. The van der Waals surface area contributed by atoms with Crippen molar-refractivity contribution in [2.75, 3.05) is 7.11 Å². The van der Waals surface area contributed by atoms with Crippen molar-refractivity contribution in [2.45, 2.75) is 45.1 Å². The second-order valence-corrected chi connectivity index (χ2v) is 5.44. The monoisotopic (exact) mass is 279 g/mol. The predicted molar refractivity (Wildman–Crippen MR) is 76.5 cm³/mol. The smallest absolute Gasteiger partial charge is 0.255 e. The van der Waals surface area contributed by atoms with Crippen LogP contribution in [0.1, 0.15) is 49.4 Å².